The molecule has 0 atom stereocenters. The van der Waals surface area contributed by atoms with E-state index in [1.54, 1.807) is 24.7 Å². The van der Waals surface area contributed by atoms with Crippen LogP contribution < -0.4 is 12.5 Å². The van der Waals surface area contributed by atoms with Gasteiger partial charge in [-0.05, 0) is 0 Å². The van der Waals surface area contributed by atoms with Crippen molar-refractivity contribution in [2.75, 3.05) is 0 Å². The first-order valence-corrected chi connectivity index (χ1v) is 9.85. The summed E-state index contributed by atoms with van der Waals surface area (Å²) >= 11 is -3.63. The Bertz CT molecular complexity index is 336. The van der Waals surface area contributed by atoms with E-state index < -0.39 is 46.5 Å². The fourth-order valence-electron chi connectivity index (χ4n) is 0.991. The summed E-state index contributed by atoms with van der Waals surface area (Å²) in [5.41, 5.74) is 1.83. The topological polar surface area (TPSA) is 120 Å². The van der Waals surface area contributed by atoms with Crippen LogP contribution in [0.5, 0.6) is 0 Å². The van der Waals surface area contributed by atoms with Crippen LogP contribution >= 0.6 is 0 Å². The van der Waals surface area contributed by atoms with Crippen molar-refractivity contribution in [2.45, 2.75) is 23.4 Å². The van der Waals surface area contributed by atoms with Gasteiger partial charge in [-0.15, -0.1) is 0 Å². The number of rotatable bonds is 2. The molecule has 1 aromatic carbocycles. The molecule has 0 fully saturated rings. The van der Waals surface area contributed by atoms with Crippen molar-refractivity contribution < 1.29 is 48.6 Å². The van der Waals surface area contributed by atoms with Crippen molar-refractivity contribution in [3.05, 3.63) is 35.9 Å². The molecular formula is C10H13Al3O6Zr. The van der Waals surface area contributed by atoms with Crippen molar-refractivity contribution in [1.29, 1.82) is 0 Å². The molecule has 1 rings (SSSR count). The van der Waals surface area contributed by atoms with Crippen LogP contribution in [0.1, 0.15) is 19.4 Å². The molecule has 6 nitrogen and oxygen atoms in total. The Labute approximate surface area is 153 Å². The molecule has 0 aliphatic heterocycles. The quantitative estimate of drug-likeness (QED) is 0.522. The van der Waals surface area contributed by atoms with Crippen LogP contribution in [0, 0.1) is 0 Å². The third-order valence-electron chi connectivity index (χ3n) is 2.00. The zero-order valence-corrected chi connectivity index (χ0v) is 17.2. The molecular weight excluding hydrogens is 388 g/mol. The summed E-state index contributed by atoms with van der Waals surface area (Å²) < 4.78 is 52.0. The van der Waals surface area contributed by atoms with Gasteiger partial charge in [0.1, 0.15) is 0 Å². The van der Waals surface area contributed by atoms with E-state index >= 15 is 0 Å². The van der Waals surface area contributed by atoms with Gasteiger partial charge in [0.25, 0.3) is 0 Å². The summed E-state index contributed by atoms with van der Waals surface area (Å²) in [6, 6.07) is 10.7. The molecule has 0 spiro atoms. The van der Waals surface area contributed by atoms with Gasteiger partial charge in [-0.2, -0.15) is 0 Å². The Hall–Kier alpha value is 0.501. The standard InChI is InChI=1S/C10H13.3Al.6O.Zr/c1-10(2,3)9-7-5-4-6-8-9;;;;;;;;;;/h4-8H,1H2,2-3H3;;;;;;;;;;/q;;;;;;;3*-1;+3. The molecule has 0 N–H and O–H groups in total. The van der Waals surface area contributed by atoms with Gasteiger partial charge in [-0.1, -0.05) is 0 Å². The fraction of sp³-hybridized carbons (Fsp3) is 0.400. The Kier molecular flexibility index (Phi) is 24.8. The minimum absolute atomic E-state index is 0.375. The summed E-state index contributed by atoms with van der Waals surface area (Å²) in [6.45, 7) is 4.61. The van der Waals surface area contributed by atoms with Gasteiger partial charge in [-0.3, -0.25) is 0 Å². The molecule has 0 saturated carbocycles. The first-order chi connectivity index (χ1) is 9.41. The van der Waals surface area contributed by atoms with Crippen LogP contribution in [0.2, 0.25) is 4.13 Å². The zero-order valence-electron chi connectivity index (χ0n) is 11.3. The average molecular weight is 401 g/mol. The summed E-state index contributed by atoms with van der Waals surface area (Å²) in [7, 11) is 0. The molecule has 1 aromatic rings. The molecule has 20 heavy (non-hydrogen) atoms. The van der Waals surface area contributed by atoms with Crippen molar-refractivity contribution in [3.8, 4) is 0 Å². The monoisotopic (exact) mass is 400 g/mol. The molecule has 0 amide bonds. The van der Waals surface area contributed by atoms with Gasteiger partial charge in [0.2, 0.25) is 0 Å². The van der Waals surface area contributed by atoms with E-state index in [4.69, 9.17) is 23.9 Å². The Balaban J connectivity index is -0.000000268. The van der Waals surface area contributed by atoms with E-state index in [1.807, 2.05) is 0 Å². The molecule has 0 bridgehead atoms. The van der Waals surface area contributed by atoms with Crippen molar-refractivity contribution in [1.82, 2.24) is 0 Å². The predicted octanol–water partition coefficient (Wildman–Crippen LogP) is -2.14. The Morgan fingerprint density at radius 2 is 1.25 bits per heavy atom. The van der Waals surface area contributed by atoms with Gasteiger partial charge in [0.05, 0.1) is 0 Å². The average Bonchev–Trinajstić information content (AvgIpc) is 2.42. The van der Waals surface area contributed by atoms with Gasteiger partial charge >= 0.3 is 154 Å². The molecule has 0 aliphatic rings. The predicted molar refractivity (Wildman–Crippen MR) is 63.6 cm³/mol. The second-order valence-corrected chi connectivity index (χ2v) is 5.16. The molecule has 10 heteroatoms. The van der Waals surface area contributed by atoms with Crippen LogP contribution in [-0.2, 0) is 41.5 Å². The molecule has 0 saturated heterocycles. The molecule has 0 heterocycles. The molecule has 0 unspecified atom stereocenters. The summed E-state index contributed by atoms with van der Waals surface area (Å²) in [5, 5.41) is 0. The third kappa shape index (κ3) is 18.5. The fourth-order valence-corrected chi connectivity index (χ4v) is 1.49. The van der Waals surface area contributed by atoms with E-state index in [2.05, 4.69) is 44.2 Å². The second kappa shape index (κ2) is 19.5. The van der Waals surface area contributed by atoms with Crippen LogP contribution in [-0.4, -0.2) is 46.5 Å². The van der Waals surface area contributed by atoms with Crippen LogP contribution in [0.3, 0.4) is 0 Å². The molecule has 0 radical (unpaired) electrons. The number of hydrogen-bond acceptors (Lipinski definition) is 6. The van der Waals surface area contributed by atoms with Gasteiger partial charge in [0, 0.05) is 0 Å². The van der Waals surface area contributed by atoms with Crippen LogP contribution in [0.25, 0.3) is 0 Å². The van der Waals surface area contributed by atoms with Crippen molar-refractivity contribution in [3.63, 3.8) is 0 Å². The number of hydrogen-bond donors (Lipinski definition) is 0. The minimum atomic E-state index is -1.75. The van der Waals surface area contributed by atoms with Crippen molar-refractivity contribution in [2.24, 2.45) is 0 Å². The SMILES string of the molecule is CC(C)([CH2][Zr+3])c1ccccc1.[O]=[Al][O-].[O]=[Al][O-].[O]=[Al][O-]. The van der Waals surface area contributed by atoms with Crippen LogP contribution in [0.15, 0.2) is 30.3 Å². The van der Waals surface area contributed by atoms with Gasteiger partial charge in [0.15, 0.2) is 0 Å². The second-order valence-electron chi connectivity index (χ2n) is 3.72. The Morgan fingerprint density at radius 3 is 1.50 bits per heavy atom. The zero-order chi connectivity index (χ0) is 16.4. The third-order valence-corrected chi connectivity index (χ3v) is 4.17. The van der Waals surface area contributed by atoms with Crippen LogP contribution in [0.4, 0.5) is 0 Å². The van der Waals surface area contributed by atoms with Crippen molar-refractivity contribution >= 4 is 46.5 Å². The molecule has 0 aliphatic carbocycles. The summed E-state index contributed by atoms with van der Waals surface area (Å²) in [5.74, 6) is 0. The van der Waals surface area contributed by atoms with E-state index in [0.29, 0.717) is 5.41 Å². The van der Waals surface area contributed by atoms with E-state index in [-0.39, 0.29) is 0 Å². The first kappa shape index (κ1) is 25.5. The molecule has 0 aromatic heterocycles. The van der Waals surface area contributed by atoms with Gasteiger partial charge < -0.3 is 0 Å². The summed E-state index contributed by atoms with van der Waals surface area (Å²) in [4.78, 5) is 0. The van der Waals surface area contributed by atoms with E-state index in [1.165, 1.54) is 9.69 Å². The molecule has 102 valence electrons. The maximum atomic E-state index is 8.46. The Morgan fingerprint density at radius 1 is 0.950 bits per heavy atom. The summed E-state index contributed by atoms with van der Waals surface area (Å²) in [6.07, 6.45) is 0. The first-order valence-electron chi connectivity index (χ1n) is 5.28. The maximum absolute atomic E-state index is 8.46. The van der Waals surface area contributed by atoms with E-state index in [0.717, 1.165) is 0 Å². The van der Waals surface area contributed by atoms with Gasteiger partial charge in [-0.25, -0.2) is 0 Å². The number of benzene rings is 1. The van der Waals surface area contributed by atoms with E-state index in [9.17, 15) is 0 Å². The normalized spacial score (nSPS) is 7.60.